The fourth-order valence-corrected chi connectivity index (χ4v) is 5.46. The number of ether oxygens (including phenoxy) is 1. The van der Waals surface area contributed by atoms with E-state index in [2.05, 4.69) is 4.72 Å². The van der Waals surface area contributed by atoms with Crippen LogP contribution in [0.2, 0.25) is 5.02 Å². The second kappa shape index (κ2) is 9.33. The zero-order valence-electron chi connectivity index (χ0n) is 19.5. The zero-order chi connectivity index (χ0) is 25.4. The summed E-state index contributed by atoms with van der Waals surface area (Å²) in [5.41, 5.74) is 2.38. The van der Waals surface area contributed by atoms with E-state index in [4.69, 9.17) is 20.8 Å². The number of hydrogen-bond donors (Lipinski definition) is 1. The van der Waals surface area contributed by atoms with Crippen LogP contribution in [0.25, 0.3) is 33.1 Å². The van der Waals surface area contributed by atoms with Crippen LogP contribution in [-0.2, 0) is 14.8 Å². The number of fused-ring (bicyclic) bond motifs is 3. The molecule has 0 amide bonds. The minimum Gasteiger partial charge on any atom is -0.462 e. The Morgan fingerprint density at radius 3 is 2.33 bits per heavy atom. The molecule has 1 aromatic heterocycles. The number of nitrogens with one attached hydrogen (secondary N) is 1. The van der Waals surface area contributed by atoms with Gasteiger partial charge in [-0.25, -0.2) is 13.2 Å². The third-order valence-electron chi connectivity index (χ3n) is 5.90. The van der Waals surface area contributed by atoms with Crippen LogP contribution in [0.4, 0.5) is 5.69 Å². The van der Waals surface area contributed by atoms with E-state index in [1.165, 1.54) is 12.1 Å². The number of carbonyl (C=O) groups is 1. The Morgan fingerprint density at radius 1 is 0.944 bits per heavy atom. The fraction of sp³-hybridized carbons (Fsp3) is 0.107. The van der Waals surface area contributed by atoms with Crippen LogP contribution in [0.1, 0.15) is 22.8 Å². The quantitative estimate of drug-likeness (QED) is 0.240. The van der Waals surface area contributed by atoms with Crippen molar-refractivity contribution in [1.82, 2.24) is 0 Å². The molecule has 0 saturated heterocycles. The molecular weight excluding hydrogens is 498 g/mol. The maximum Gasteiger partial charge on any atom is 0.342 e. The van der Waals surface area contributed by atoms with Gasteiger partial charge in [-0.1, -0.05) is 66.2 Å². The summed E-state index contributed by atoms with van der Waals surface area (Å²) in [6.45, 7) is 3.65. The predicted molar refractivity (Wildman–Crippen MR) is 142 cm³/mol. The van der Waals surface area contributed by atoms with Gasteiger partial charge in [0.15, 0.2) is 0 Å². The molecule has 4 aromatic carbocycles. The molecule has 5 aromatic rings. The SMILES string of the molecule is CCOC(=O)c1c(-c2ccccc2)oc2c1cc(NS(=O)(=O)c1ccc(Cl)c(C)c1)c1ccccc12. The normalized spacial score (nSPS) is 11.6. The summed E-state index contributed by atoms with van der Waals surface area (Å²) in [6, 6.07) is 22.7. The van der Waals surface area contributed by atoms with Crippen LogP contribution >= 0.6 is 11.6 Å². The summed E-state index contributed by atoms with van der Waals surface area (Å²) in [7, 11) is -3.96. The van der Waals surface area contributed by atoms with E-state index in [0.717, 1.165) is 0 Å². The Balaban J connectivity index is 1.77. The van der Waals surface area contributed by atoms with Crippen molar-refractivity contribution < 1.29 is 22.4 Å². The van der Waals surface area contributed by atoms with Crippen molar-refractivity contribution in [1.29, 1.82) is 0 Å². The number of sulfonamides is 1. The van der Waals surface area contributed by atoms with E-state index in [9.17, 15) is 13.2 Å². The lowest BCUT2D eigenvalue weighted by Crippen LogP contribution is -2.13. The van der Waals surface area contributed by atoms with Crippen LogP contribution in [0.3, 0.4) is 0 Å². The van der Waals surface area contributed by atoms with E-state index in [-0.39, 0.29) is 17.1 Å². The number of anilines is 1. The molecular formula is C28H22ClNO5S. The van der Waals surface area contributed by atoms with Gasteiger partial charge in [-0.15, -0.1) is 0 Å². The summed E-state index contributed by atoms with van der Waals surface area (Å²) in [5, 5.41) is 2.22. The molecule has 1 heterocycles. The number of furan rings is 1. The van der Waals surface area contributed by atoms with Gasteiger partial charge in [-0.2, -0.15) is 0 Å². The van der Waals surface area contributed by atoms with Gasteiger partial charge in [0.2, 0.25) is 0 Å². The van der Waals surface area contributed by atoms with Crippen molar-refractivity contribution in [2.75, 3.05) is 11.3 Å². The third kappa shape index (κ3) is 4.21. The van der Waals surface area contributed by atoms with Gasteiger partial charge in [0, 0.05) is 26.7 Å². The van der Waals surface area contributed by atoms with E-state index in [1.807, 2.05) is 48.5 Å². The van der Waals surface area contributed by atoms with E-state index in [1.54, 1.807) is 32.0 Å². The van der Waals surface area contributed by atoms with Crippen LogP contribution in [0.5, 0.6) is 0 Å². The van der Waals surface area contributed by atoms with Gasteiger partial charge in [-0.05, 0) is 43.7 Å². The summed E-state index contributed by atoms with van der Waals surface area (Å²) in [4.78, 5) is 13.2. The molecule has 1 N–H and O–H groups in total. The number of rotatable bonds is 6. The minimum atomic E-state index is -3.96. The van der Waals surface area contributed by atoms with Gasteiger partial charge in [0.1, 0.15) is 16.9 Å². The molecule has 0 aliphatic carbocycles. The lowest BCUT2D eigenvalue weighted by molar-refractivity contribution is 0.0528. The lowest BCUT2D eigenvalue weighted by atomic mass is 10.0. The van der Waals surface area contributed by atoms with Crippen LogP contribution in [0, 0.1) is 6.92 Å². The number of benzene rings is 4. The number of halogens is 1. The first-order valence-electron chi connectivity index (χ1n) is 11.3. The first-order chi connectivity index (χ1) is 17.3. The Kier molecular flexibility index (Phi) is 6.20. The highest BCUT2D eigenvalue weighted by Gasteiger charge is 2.26. The number of carbonyl (C=O) groups excluding carboxylic acids is 1. The molecule has 6 nitrogen and oxygen atoms in total. The molecule has 0 fully saturated rings. The molecule has 182 valence electrons. The van der Waals surface area contributed by atoms with Crippen molar-refractivity contribution in [3.8, 4) is 11.3 Å². The summed E-state index contributed by atoms with van der Waals surface area (Å²) >= 11 is 6.09. The van der Waals surface area contributed by atoms with E-state index in [0.29, 0.717) is 49.3 Å². The molecule has 36 heavy (non-hydrogen) atoms. The van der Waals surface area contributed by atoms with Gasteiger partial charge < -0.3 is 9.15 Å². The molecule has 0 spiro atoms. The predicted octanol–water partition coefficient (Wildman–Crippen LogP) is 7.19. The second-order valence-corrected chi connectivity index (χ2v) is 10.3. The van der Waals surface area contributed by atoms with Gasteiger partial charge >= 0.3 is 5.97 Å². The van der Waals surface area contributed by atoms with Crippen molar-refractivity contribution in [3.63, 3.8) is 0 Å². The smallest absolute Gasteiger partial charge is 0.342 e. The first-order valence-corrected chi connectivity index (χ1v) is 13.2. The molecule has 0 aliphatic heterocycles. The summed E-state index contributed by atoms with van der Waals surface area (Å²) in [6.07, 6.45) is 0. The highest BCUT2D eigenvalue weighted by atomic mass is 35.5. The van der Waals surface area contributed by atoms with Crippen molar-refractivity contribution in [2.24, 2.45) is 0 Å². The molecule has 0 bridgehead atoms. The highest BCUT2D eigenvalue weighted by molar-refractivity contribution is 7.92. The van der Waals surface area contributed by atoms with Crippen LogP contribution in [-0.4, -0.2) is 21.0 Å². The van der Waals surface area contributed by atoms with Crippen molar-refractivity contribution in [2.45, 2.75) is 18.7 Å². The number of hydrogen-bond acceptors (Lipinski definition) is 5. The van der Waals surface area contributed by atoms with E-state index >= 15 is 0 Å². The number of aryl methyl sites for hydroxylation is 1. The lowest BCUT2D eigenvalue weighted by Gasteiger charge is -2.12. The molecule has 0 unspecified atom stereocenters. The third-order valence-corrected chi connectivity index (χ3v) is 7.68. The maximum absolute atomic E-state index is 13.3. The first kappa shape index (κ1) is 23.9. The van der Waals surface area contributed by atoms with E-state index < -0.39 is 16.0 Å². The van der Waals surface area contributed by atoms with Crippen molar-refractivity contribution >= 4 is 55.0 Å². The topological polar surface area (TPSA) is 85.6 Å². The zero-order valence-corrected chi connectivity index (χ0v) is 21.1. The van der Waals surface area contributed by atoms with Crippen LogP contribution in [0.15, 0.2) is 88.2 Å². The monoisotopic (exact) mass is 519 g/mol. The standard InChI is InChI=1S/C28H22ClNO5S/c1-3-34-28(31)25-22-16-24(30-36(32,33)19-13-14-23(29)17(2)15-19)20-11-7-8-12-21(20)27(22)35-26(25)18-9-5-4-6-10-18/h4-16,30H,3H2,1-2H3. The molecule has 0 radical (unpaired) electrons. The summed E-state index contributed by atoms with van der Waals surface area (Å²) in [5.74, 6) is -0.185. The van der Waals surface area contributed by atoms with Gasteiger partial charge in [0.05, 0.1) is 17.2 Å². The van der Waals surface area contributed by atoms with Gasteiger partial charge in [-0.3, -0.25) is 4.72 Å². The Morgan fingerprint density at radius 2 is 1.64 bits per heavy atom. The molecule has 8 heteroatoms. The minimum absolute atomic E-state index is 0.0800. The average molecular weight is 520 g/mol. The Bertz CT molecular complexity index is 1730. The number of esters is 1. The Labute approximate surface area is 213 Å². The van der Waals surface area contributed by atoms with Gasteiger partial charge in [0.25, 0.3) is 10.0 Å². The maximum atomic E-state index is 13.3. The van der Waals surface area contributed by atoms with Crippen LogP contribution < -0.4 is 4.72 Å². The molecule has 0 aliphatic rings. The Hall–Kier alpha value is -3.81. The largest absolute Gasteiger partial charge is 0.462 e. The second-order valence-electron chi connectivity index (χ2n) is 8.26. The highest BCUT2D eigenvalue weighted by Crippen LogP contribution is 2.41. The van der Waals surface area contributed by atoms with Crippen molar-refractivity contribution in [3.05, 3.63) is 95.0 Å². The average Bonchev–Trinajstić information content (AvgIpc) is 3.26. The molecule has 0 atom stereocenters. The molecule has 0 saturated carbocycles. The molecule has 5 rings (SSSR count). The summed E-state index contributed by atoms with van der Waals surface area (Å²) < 4.78 is 41.0. The fourth-order valence-electron chi connectivity index (χ4n) is 4.19.